The molecule has 7 rings (SSSR count). The molecule has 0 radical (unpaired) electrons. The zero-order valence-corrected chi connectivity index (χ0v) is 28.9. The van der Waals surface area contributed by atoms with Crippen LogP contribution < -0.4 is 9.92 Å². The van der Waals surface area contributed by atoms with Crippen molar-refractivity contribution in [1.82, 2.24) is 14.1 Å². The standard InChI is InChI=1S/C41H41N4O2S/c1-5-9-26-45-33(31-16-12-14-28-15-13-18-35(45)39(28)31)23-20-29(40-42-32-17-10-11-19-37(32)48-40)22-25-38-43(6-2)34-24-21-30(41(46)47-8-4)27-36(34)44(38)7-3/h10-25,27H,5-9,26H2,1-4H3/q+1. The summed E-state index contributed by atoms with van der Waals surface area (Å²) in [6.45, 7) is 11.3. The number of carbonyl (C=O) groups excluding carboxylic acids is 1. The molecule has 7 aromatic rings. The number of hydrogen-bond donors (Lipinski definition) is 0. The van der Waals surface area contributed by atoms with E-state index in [0.29, 0.717) is 12.2 Å². The van der Waals surface area contributed by atoms with Gasteiger partial charge in [-0.2, -0.15) is 0 Å². The number of esters is 1. The molecule has 0 aliphatic heterocycles. The van der Waals surface area contributed by atoms with Crippen molar-refractivity contribution < 1.29 is 14.1 Å². The quantitative estimate of drug-likeness (QED) is 0.0796. The molecule has 0 N–H and O–H groups in total. The molecule has 0 fully saturated rings. The van der Waals surface area contributed by atoms with Crippen molar-refractivity contribution in [3.8, 4) is 0 Å². The highest BCUT2D eigenvalue weighted by Gasteiger charge is 2.23. The van der Waals surface area contributed by atoms with E-state index in [2.05, 4.69) is 113 Å². The van der Waals surface area contributed by atoms with E-state index in [9.17, 15) is 4.79 Å². The van der Waals surface area contributed by atoms with Crippen LogP contribution in [0.5, 0.6) is 0 Å². The van der Waals surface area contributed by atoms with Crippen LogP contribution in [0.2, 0.25) is 0 Å². The number of imidazole rings is 1. The van der Waals surface area contributed by atoms with Crippen molar-refractivity contribution >= 4 is 78.0 Å². The highest BCUT2D eigenvalue weighted by molar-refractivity contribution is 7.19. The Balaban J connectivity index is 1.42. The highest BCUT2D eigenvalue weighted by atomic mass is 32.1. The topological polar surface area (TPSA) is 52.9 Å². The molecule has 0 spiro atoms. The van der Waals surface area contributed by atoms with Crippen LogP contribution in [0.3, 0.4) is 0 Å². The van der Waals surface area contributed by atoms with Crippen LogP contribution in [0.25, 0.3) is 60.7 Å². The van der Waals surface area contributed by atoms with Crippen LogP contribution in [-0.2, 0) is 24.4 Å². The van der Waals surface area contributed by atoms with Gasteiger partial charge in [-0.05, 0) is 81.1 Å². The Morgan fingerprint density at radius 2 is 1.77 bits per heavy atom. The number of aromatic nitrogens is 4. The van der Waals surface area contributed by atoms with Crippen LogP contribution in [0.15, 0.2) is 91.0 Å². The van der Waals surface area contributed by atoms with Gasteiger partial charge in [-0.1, -0.05) is 55.8 Å². The lowest BCUT2D eigenvalue weighted by Gasteiger charge is -2.05. The van der Waals surface area contributed by atoms with E-state index in [4.69, 9.17) is 9.72 Å². The number of para-hydroxylation sites is 1. The largest absolute Gasteiger partial charge is 0.462 e. The molecule has 48 heavy (non-hydrogen) atoms. The number of thiazole rings is 1. The average molecular weight is 654 g/mol. The molecular formula is C41H41N4O2S+. The van der Waals surface area contributed by atoms with Crippen molar-refractivity contribution in [2.75, 3.05) is 6.61 Å². The Kier molecular flexibility index (Phi) is 8.96. The molecule has 242 valence electrons. The average Bonchev–Trinajstić information content (AvgIpc) is 3.77. The lowest BCUT2D eigenvalue weighted by Crippen LogP contribution is -2.35. The summed E-state index contributed by atoms with van der Waals surface area (Å²) in [5.74, 6) is 0.772. The maximum absolute atomic E-state index is 12.6. The van der Waals surface area contributed by atoms with E-state index in [1.807, 2.05) is 31.2 Å². The number of aryl methyl sites for hydroxylation is 3. The Labute approximate surface area is 284 Å². The normalized spacial score (nSPS) is 12.9. The number of ether oxygens (including phenoxy) is 1. The summed E-state index contributed by atoms with van der Waals surface area (Å²) in [4.78, 5) is 17.7. The van der Waals surface area contributed by atoms with Gasteiger partial charge < -0.3 is 9.30 Å². The zero-order valence-electron chi connectivity index (χ0n) is 28.1. The maximum atomic E-state index is 12.6. The second-order valence-electron chi connectivity index (χ2n) is 12.0. The predicted octanol–water partition coefficient (Wildman–Crippen LogP) is 8.96. The fraction of sp³-hybridized carbons (Fsp3) is 0.244. The fourth-order valence-electron chi connectivity index (χ4n) is 6.84. The maximum Gasteiger partial charge on any atom is 0.338 e. The number of benzene rings is 4. The Bertz CT molecular complexity index is 2370. The van der Waals surface area contributed by atoms with Crippen molar-refractivity contribution in [3.63, 3.8) is 0 Å². The summed E-state index contributed by atoms with van der Waals surface area (Å²) in [6.07, 6.45) is 11.2. The zero-order chi connectivity index (χ0) is 33.2. The molecule has 0 saturated heterocycles. The fourth-order valence-corrected chi connectivity index (χ4v) is 7.82. The van der Waals surface area contributed by atoms with Gasteiger partial charge in [-0.3, -0.25) is 0 Å². The van der Waals surface area contributed by atoms with E-state index in [0.717, 1.165) is 65.4 Å². The lowest BCUT2D eigenvalue weighted by atomic mass is 10.1. The van der Waals surface area contributed by atoms with Crippen LogP contribution in [0, 0.1) is 0 Å². The monoisotopic (exact) mass is 653 g/mol. The predicted molar refractivity (Wildman–Crippen MR) is 200 cm³/mol. The van der Waals surface area contributed by atoms with E-state index < -0.39 is 0 Å². The first kappa shape index (κ1) is 31.6. The van der Waals surface area contributed by atoms with Gasteiger partial charge in [0.1, 0.15) is 5.01 Å². The van der Waals surface area contributed by atoms with Crippen LogP contribution in [0.4, 0.5) is 0 Å². The minimum Gasteiger partial charge on any atom is -0.462 e. The number of allylic oxidation sites excluding steroid dienone is 3. The molecule has 3 heterocycles. The number of hydrogen-bond acceptors (Lipinski definition) is 4. The van der Waals surface area contributed by atoms with Crippen LogP contribution >= 0.6 is 11.3 Å². The number of carbonyl (C=O) groups is 1. The number of unbranched alkanes of at least 4 members (excludes halogenated alkanes) is 1. The molecule has 6 nitrogen and oxygen atoms in total. The number of rotatable bonds is 11. The van der Waals surface area contributed by atoms with Gasteiger partial charge in [0.2, 0.25) is 0 Å². The summed E-state index contributed by atoms with van der Waals surface area (Å²) in [5, 5.41) is 6.07. The van der Waals surface area contributed by atoms with Crippen LogP contribution in [-0.4, -0.2) is 26.7 Å². The summed E-state index contributed by atoms with van der Waals surface area (Å²) >= 11 is 1.72. The summed E-state index contributed by atoms with van der Waals surface area (Å²) in [7, 11) is 0. The molecule has 0 aliphatic carbocycles. The first-order valence-corrected chi connectivity index (χ1v) is 17.9. The Morgan fingerprint density at radius 1 is 0.938 bits per heavy atom. The Morgan fingerprint density at radius 3 is 2.54 bits per heavy atom. The molecule has 0 unspecified atom stereocenters. The Hall–Kier alpha value is -5.01. The first-order chi connectivity index (χ1) is 23.6. The lowest BCUT2D eigenvalue weighted by molar-refractivity contribution is -0.670. The van der Waals surface area contributed by atoms with E-state index in [-0.39, 0.29) is 5.97 Å². The number of nitrogens with zero attached hydrogens (tertiary/aromatic N) is 4. The minimum absolute atomic E-state index is 0.296. The molecule has 7 heteroatoms. The summed E-state index contributed by atoms with van der Waals surface area (Å²) < 4.78 is 13.5. The third kappa shape index (κ3) is 5.62. The van der Waals surface area contributed by atoms with Gasteiger partial charge in [0.05, 0.1) is 35.5 Å². The van der Waals surface area contributed by atoms with Gasteiger partial charge in [0, 0.05) is 45.9 Å². The van der Waals surface area contributed by atoms with E-state index in [1.54, 1.807) is 11.3 Å². The molecule has 4 aromatic carbocycles. The first-order valence-electron chi connectivity index (χ1n) is 17.0. The number of fused-ring (bicyclic) bond motifs is 2. The highest BCUT2D eigenvalue weighted by Crippen LogP contribution is 2.30. The molecule has 0 bridgehead atoms. The summed E-state index contributed by atoms with van der Waals surface area (Å²) in [6, 6.07) is 27.4. The van der Waals surface area contributed by atoms with Gasteiger partial charge in [-0.25, -0.2) is 18.9 Å². The van der Waals surface area contributed by atoms with Crippen molar-refractivity contribution in [2.24, 2.45) is 0 Å². The van der Waals surface area contributed by atoms with E-state index >= 15 is 0 Å². The second kappa shape index (κ2) is 13.6. The van der Waals surface area contributed by atoms with Gasteiger partial charge in [-0.15, -0.1) is 11.3 Å². The SMILES string of the molecule is CCCCn1/c(=C/C=C(/C=C/c2n(CC)c3ccc(C(=O)OCC)cc3[n+]2CC)c2nc3ccccc3s2)c2cccc3cccc1c32. The van der Waals surface area contributed by atoms with Crippen molar-refractivity contribution in [1.29, 1.82) is 0 Å². The van der Waals surface area contributed by atoms with Gasteiger partial charge in [0.25, 0.3) is 5.82 Å². The molecular weight excluding hydrogens is 613 g/mol. The second-order valence-corrected chi connectivity index (χ2v) is 13.0. The van der Waals surface area contributed by atoms with Gasteiger partial charge >= 0.3 is 5.97 Å². The smallest absolute Gasteiger partial charge is 0.338 e. The molecule has 0 atom stereocenters. The summed E-state index contributed by atoms with van der Waals surface area (Å²) in [5.41, 5.74) is 6.00. The van der Waals surface area contributed by atoms with Crippen molar-refractivity contribution in [2.45, 2.75) is 60.2 Å². The van der Waals surface area contributed by atoms with Crippen LogP contribution in [0.1, 0.15) is 61.7 Å². The van der Waals surface area contributed by atoms with Gasteiger partial charge in [0.15, 0.2) is 11.0 Å². The molecule has 0 saturated carbocycles. The molecule has 0 amide bonds. The molecule has 0 aliphatic rings. The molecule has 3 aromatic heterocycles. The third-order valence-corrected chi connectivity index (χ3v) is 10.2. The van der Waals surface area contributed by atoms with E-state index in [1.165, 1.54) is 31.7 Å². The third-order valence-electron chi connectivity index (χ3n) is 9.10. The minimum atomic E-state index is -0.296. The van der Waals surface area contributed by atoms with Crippen molar-refractivity contribution in [3.05, 3.63) is 113 Å².